The fraction of sp³-hybridized carbons (Fsp3) is 0.833. The summed E-state index contributed by atoms with van der Waals surface area (Å²) in [7, 11) is 2.03. The van der Waals surface area contributed by atoms with Crippen molar-refractivity contribution in [1.82, 2.24) is 15.1 Å². The first-order valence-electron chi connectivity index (χ1n) is 8.66. The summed E-state index contributed by atoms with van der Waals surface area (Å²) in [6, 6.07) is 3.05. The minimum atomic E-state index is 0.419. The van der Waals surface area contributed by atoms with E-state index in [2.05, 4.69) is 38.4 Å². The topological polar surface area (TPSA) is 29.9 Å². The zero-order valence-corrected chi connectivity index (χ0v) is 14.1. The smallest absolute Gasteiger partial charge is 0.0658 e. The van der Waals surface area contributed by atoms with Gasteiger partial charge < -0.3 is 5.32 Å². The van der Waals surface area contributed by atoms with Crippen LogP contribution in [0.25, 0.3) is 0 Å². The zero-order chi connectivity index (χ0) is 15.0. The van der Waals surface area contributed by atoms with E-state index in [1.165, 1.54) is 44.3 Å². The molecule has 3 nitrogen and oxygen atoms in total. The molecule has 1 aromatic heterocycles. The molecule has 1 N–H and O–H groups in total. The van der Waals surface area contributed by atoms with Crippen molar-refractivity contribution >= 4 is 0 Å². The van der Waals surface area contributed by atoms with Crippen molar-refractivity contribution in [3.8, 4) is 0 Å². The molecule has 0 aromatic carbocycles. The average Bonchev–Trinajstić information content (AvgIpc) is 3.16. The number of hydrogen-bond acceptors (Lipinski definition) is 2. The van der Waals surface area contributed by atoms with Crippen LogP contribution in [0.5, 0.6) is 0 Å². The fourth-order valence-corrected chi connectivity index (χ4v) is 3.86. The van der Waals surface area contributed by atoms with Crippen molar-refractivity contribution in [2.75, 3.05) is 6.54 Å². The first-order chi connectivity index (χ1) is 9.93. The second-order valence-electron chi connectivity index (χ2n) is 8.34. The minimum Gasteiger partial charge on any atom is -0.314 e. The van der Waals surface area contributed by atoms with Gasteiger partial charge in [0.05, 0.1) is 5.69 Å². The summed E-state index contributed by atoms with van der Waals surface area (Å²) in [5.41, 5.74) is 1.73. The molecule has 3 rings (SSSR count). The maximum Gasteiger partial charge on any atom is 0.0658 e. The van der Waals surface area contributed by atoms with Crippen LogP contribution in [-0.2, 0) is 7.05 Å². The Hall–Kier alpha value is -0.830. The van der Waals surface area contributed by atoms with E-state index in [0.29, 0.717) is 11.3 Å². The van der Waals surface area contributed by atoms with E-state index in [0.717, 1.165) is 17.9 Å². The highest BCUT2D eigenvalue weighted by molar-refractivity contribution is 5.11. The number of aryl methyl sites for hydroxylation is 1. The zero-order valence-electron chi connectivity index (χ0n) is 14.1. The lowest BCUT2D eigenvalue weighted by Gasteiger charge is -2.41. The van der Waals surface area contributed by atoms with Crippen LogP contribution in [0, 0.1) is 17.3 Å². The van der Waals surface area contributed by atoms with Gasteiger partial charge in [-0.1, -0.05) is 20.8 Å². The Bertz CT molecular complexity index is 467. The molecule has 21 heavy (non-hydrogen) atoms. The summed E-state index contributed by atoms with van der Waals surface area (Å²) in [5.74, 6) is 2.22. The van der Waals surface area contributed by atoms with Crippen LogP contribution in [0.4, 0.5) is 0 Å². The summed E-state index contributed by atoms with van der Waals surface area (Å²) in [6.45, 7) is 8.38. The van der Waals surface area contributed by atoms with Crippen molar-refractivity contribution in [3.63, 3.8) is 0 Å². The second-order valence-corrected chi connectivity index (χ2v) is 8.34. The van der Waals surface area contributed by atoms with Gasteiger partial charge in [-0.15, -0.1) is 0 Å². The number of nitrogens with zero attached hydrogens (tertiary/aromatic N) is 2. The quantitative estimate of drug-likeness (QED) is 0.915. The Kier molecular flexibility index (Phi) is 4.13. The van der Waals surface area contributed by atoms with E-state index in [4.69, 9.17) is 5.10 Å². The monoisotopic (exact) mass is 289 g/mol. The summed E-state index contributed by atoms with van der Waals surface area (Å²) in [5, 5.41) is 8.48. The second kappa shape index (κ2) is 5.75. The molecule has 118 valence electrons. The Balaban J connectivity index is 1.72. The van der Waals surface area contributed by atoms with Crippen LogP contribution in [0.15, 0.2) is 12.3 Å². The van der Waals surface area contributed by atoms with E-state index in [1.807, 2.05) is 11.7 Å². The van der Waals surface area contributed by atoms with Gasteiger partial charge in [0.2, 0.25) is 0 Å². The van der Waals surface area contributed by atoms with Crippen LogP contribution in [0.2, 0.25) is 0 Å². The van der Waals surface area contributed by atoms with E-state index in [9.17, 15) is 0 Å². The van der Waals surface area contributed by atoms with Crippen molar-refractivity contribution in [2.45, 2.75) is 64.8 Å². The van der Waals surface area contributed by atoms with Gasteiger partial charge in [0.1, 0.15) is 0 Å². The molecule has 2 saturated carbocycles. The molecule has 2 fully saturated rings. The van der Waals surface area contributed by atoms with Gasteiger partial charge in [-0.05, 0) is 62.0 Å². The van der Waals surface area contributed by atoms with Gasteiger partial charge in [-0.25, -0.2) is 0 Å². The first-order valence-corrected chi connectivity index (χ1v) is 8.66. The maximum atomic E-state index is 4.73. The number of hydrogen-bond donors (Lipinski definition) is 1. The molecule has 3 atom stereocenters. The van der Waals surface area contributed by atoms with Gasteiger partial charge >= 0.3 is 0 Å². The van der Waals surface area contributed by atoms with Crippen molar-refractivity contribution in [1.29, 1.82) is 0 Å². The molecule has 0 radical (unpaired) electrons. The Morgan fingerprint density at radius 2 is 2.00 bits per heavy atom. The third-order valence-corrected chi connectivity index (χ3v) is 5.58. The predicted molar refractivity (Wildman–Crippen MR) is 87.3 cm³/mol. The highest BCUT2D eigenvalue weighted by Gasteiger charge is 2.38. The van der Waals surface area contributed by atoms with Gasteiger partial charge in [0.25, 0.3) is 0 Å². The van der Waals surface area contributed by atoms with Gasteiger partial charge in [0, 0.05) is 25.2 Å². The van der Waals surface area contributed by atoms with Crippen LogP contribution in [0.3, 0.4) is 0 Å². The van der Waals surface area contributed by atoms with Crippen LogP contribution >= 0.6 is 0 Å². The maximum absolute atomic E-state index is 4.73. The molecular weight excluding hydrogens is 258 g/mol. The fourth-order valence-electron chi connectivity index (χ4n) is 3.86. The third-order valence-electron chi connectivity index (χ3n) is 5.58. The molecule has 1 aromatic rings. The molecule has 3 heteroatoms. The van der Waals surface area contributed by atoms with Crippen LogP contribution in [0.1, 0.15) is 64.5 Å². The van der Waals surface area contributed by atoms with Crippen molar-refractivity contribution in [2.24, 2.45) is 24.3 Å². The van der Waals surface area contributed by atoms with E-state index in [-0.39, 0.29) is 0 Å². The van der Waals surface area contributed by atoms with Gasteiger partial charge in [-0.2, -0.15) is 5.10 Å². The first kappa shape index (κ1) is 15.1. The summed E-state index contributed by atoms with van der Waals surface area (Å²) in [6.07, 6.45) is 8.89. The van der Waals surface area contributed by atoms with E-state index in [1.54, 1.807) is 0 Å². The number of rotatable bonds is 4. The largest absolute Gasteiger partial charge is 0.314 e. The van der Waals surface area contributed by atoms with Crippen LogP contribution in [-0.4, -0.2) is 22.4 Å². The lowest BCUT2D eigenvalue weighted by molar-refractivity contribution is 0.127. The summed E-state index contributed by atoms with van der Waals surface area (Å²) >= 11 is 0. The molecule has 2 aliphatic carbocycles. The highest BCUT2D eigenvalue weighted by Crippen LogP contribution is 2.46. The minimum absolute atomic E-state index is 0.419. The molecular formula is C18H31N3. The summed E-state index contributed by atoms with van der Waals surface area (Å²) in [4.78, 5) is 0. The van der Waals surface area contributed by atoms with Gasteiger partial charge in [0.15, 0.2) is 0 Å². The predicted octanol–water partition coefficient (Wildman–Crippen LogP) is 3.72. The number of aromatic nitrogens is 2. The molecule has 0 aliphatic heterocycles. The molecule has 0 bridgehead atoms. The summed E-state index contributed by atoms with van der Waals surface area (Å²) < 4.78 is 1.96. The molecule has 0 saturated heterocycles. The average molecular weight is 289 g/mol. The molecule has 0 spiro atoms. The lowest BCUT2D eigenvalue weighted by Crippen LogP contribution is -2.36. The Morgan fingerprint density at radius 1 is 1.24 bits per heavy atom. The van der Waals surface area contributed by atoms with Crippen molar-refractivity contribution in [3.05, 3.63) is 18.0 Å². The Morgan fingerprint density at radius 3 is 2.57 bits per heavy atom. The normalized spacial score (nSPS) is 30.6. The van der Waals surface area contributed by atoms with Crippen LogP contribution < -0.4 is 5.32 Å². The molecule has 3 unspecified atom stereocenters. The highest BCUT2D eigenvalue weighted by atomic mass is 15.2. The molecule has 1 heterocycles. The lowest BCUT2D eigenvalue weighted by atomic mass is 9.65. The van der Waals surface area contributed by atoms with E-state index >= 15 is 0 Å². The molecule has 0 amide bonds. The van der Waals surface area contributed by atoms with Crippen molar-refractivity contribution < 1.29 is 0 Å². The third kappa shape index (κ3) is 3.68. The van der Waals surface area contributed by atoms with E-state index < -0.39 is 0 Å². The molecule has 2 aliphatic rings. The van der Waals surface area contributed by atoms with Gasteiger partial charge in [-0.3, -0.25) is 4.68 Å². The SMILES string of the molecule is Cn1ccc(C2CC(C(C)(C)C)CCC2CNC2CC2)n1. The standard InChI is InChI=1S/C18H31N3/c1-18(2,3)14-6-5-13(12-19-15-7-8-15)16(11-14)17-9-10-21(4)20-17/h9-10,13-16,19H,5-8,11-12H2,1-4H3. The number of nitrogens with one attached hydrogen (secondary N) is 1. The Labute approximate surface area is 129 Å².